The van der Waals surface area contributed by atoms with Crippen molar-refractivity contribution in [2.45, 2.75) is 17.9 Å². The van der Waals surface area contributed by atoms with Crippen molar-refractivity contribution in [2.24, 2.45) is 5.92 Å². The van der Waals surface area contributed by atoms with E-state index >= 15 is 0 Å². The van der Waals surface area contributed by atoms with Crippen molar-refractivity contribution >= 4 is 46.8 Å². The van der Waals surface area contributed by atoms with E-state index in [1.54, 1.807) is 11.8 Å². The van der Waals surface area contributed by atoms with Crippen LogP contribution in [0.3, 0.4) is 0 Å². The number of thioether (sulfide) groups is 1. The van der Waals surface area contributed by atoms with E-state index in [-0.39, 0.29) is 12.4 Å². The highest BCUT2D eigenvalue weighted by molar-refractivity contribution is 7.99. The maximum Gasteiger partial charge on any atom is 0.161 e. The van der Waals surface area contributed by atoms with Crippen LogP contribution in [0.1, 0.15) is 12.8 Å². The molecular formula is C14H17Cl2N3S. The van der Waals surface area contributed by atoms with Crippen LogP contribution in [0.5, 0.6) is 0 Å². The van der Waals surface area contributed by atoms with Gasteiger partial charge in [-0.25, -0.2) is 9.97 Å². The molecule has 3 nitrogen and oxygen atoms in total. The number of aromatic nitrogens is 2. The molecule has 0 bridgehead atoms. The van der Waals surface area contributed by atoms with Gasteiger partial charge in [0, 0.05) is 5.75 Å². The molecule has 1 aromatic heterocycles. The standard InChI is InChI=1S/C14H16ClN3S.ClH/c15-13-14(19-9-10-4-3-7-16-8-10)18-12-6-2-1-5-11(12)17-13;/h1-2,5-6,10,16H,3-4,7-9H2;1H. The zero-order chi connectivity index (χ0) is 13.1. The quantitative estimate of drug-likeness (QED) is 0.869. The molecule has 0 radical (unpaired) electrons. The third kappa shape index (κ3) is 3.76. The Morgan fingerprint density at radius 1 is 1.25 bits per heavy atom. The molecule has 3 rings (SSSR count). The molecule has 1 saturated heterocycles. The molecule has 1 aliphatic heterocycles. The number of halogens is 2. The van der Waals surface area contributed by atoms with Crippen LogP contribution in [0.15, 0.2) is 29.3 Å². The molecule has 1 atom stereocenters. The molecule has 0 saturated carbocycles. The molecule has 1 aromatic carbocycles. The minimum Gasteiger partial charge on any atom is -0.316 e. The number of hydrogen-bond donors (Lipinski definition) is 1. The summed E-state index contributed by atoms with van der Waals surface area (Å²) in [6.45, 7) is 2.25. The smallest absolute Gasteiger partial charge is 0.161 e. The van der Waals surface area contributed by atoms with Gasteiger partial charge in [0.25, 0.3) is 0 Å². The van der Waals surface area contributed by atoms with Gasteiger partial charge in [-0.2, -0.15) is 0 Å². The second-order valence-corrected chi connectivity index (χ2v) is 6.20. The van der Waals surface area contributed by atoms with E-state index in [0.29, 0.717) is 11.1 Å². The fourth-order valence-electron chi connectivity index (χ4n) is 2.32. The minimum absolute atomic E-state index is 0. The van der Waals surface area contributed by atoms with Gasteiger partial charge in [0.05, 0.1) is 11.0 Å². The van der Waals surface area contributed by atoms with Crippen LogP contribution in [-0.2, 0) is 0 Å². The number of rotatable bonds is 3. The lowest BCUT2D eigenvalue weighted by molar-refractivity contribution is 0.410. The van der Waals surface area contributed by atoms with Crippen LogP contribution < -0.4 is 5.32 Å². The molecule has 2 aromatic rings. The fraction of sp³-hybridized carbons (Fsp3) is 0.429. The molecule has 108 valence electrons. The monoisotopic (exact) mass is 329 g/mol. The summed E-state index contributed by atoms with van der Waals surface area (Å²) >= 11 is 7.93. The van der Waals surface area contributed by atoms with Gasteiger partial charge in [0.2, 0.25) is 0 Å². The number of fused-ring (bicyclic) bond motifs is 1. The maximum atomic E-state index is 6.21. The Labute approximate surface area is 134 Å². The first kappa shape index (κ1) is 15.8. The van der Waals surface area contributed by atoms with E-state index in [1.807, 2.05) is 24.3 Å². The van der Waals surface area contributed by atoms with E-state index in [0.717, 1.165) is 34.9 Å². The molecular weight excluding hydrogens is 313 g/mol. The molecule has 1 fully saturated rings. The largest absolute Gasteiger partial charge is 0.316 e. The third-order valence-electron chi connectivity index (χ3n) is 3.35. The van der Waals surface area contributed by atoms with Gasteiger partial charge in [0.1, 0.15) is 5.03 Å². The van der Waals surface area contributed by atoms with Crippen molar-refractivity contribution in [3.63, 3.8) is 0 Å². The molecule has 0 amide bonds. The van der Waals surface area contributed by atoms with Crippen LogP contribution in [0.2, 0.25) is 5.15 Å². The number of para-hydroxylation sites is 2. The second kappa shape index (κ2) is 7.46. The minimum atomic E-state index is 0. The summed E-state index contributed by atoms with van der Waals surface area (Å²) in [7, 11) is 0. The highest BCUT2D eigenvalue weighted by Gasteiger charge is 2.15. The number of hydrogen-bond acceptors (Lipinski definition) is 4. The van der Waals surface area contributed by atoms with Gasteiger partial charge in [-0.15, -0.1) is 24.2 Å². The van der Waals surface area contributed by atoms with Crippen LogP contribution >= 0.6 is 35.8 Å². The van der Waals surface area contributed by atoms with Gasteiger partial charge < -0.3 is 5.32 Å². The molecule has 2 heterocycles. The first-order chi connectivity index (χ1) is 9.33. The summed E-state index contributed by atoms with van der Waals surface area (Å²) in [5, 5.41) is 4.81. The molecule has 0 spiro atoms. The van der Waals surface area contributed by atoms with Crippen LogP contribution in [0, 0.1) is 5.92 Å². The highest BCUT2D eigenvalue weighted by atomic mass is 35.5. The Bertz CT molecular complexity index is 573. The molecule has 6 heteroatoms. The van der Waals surface area contributed by atoms with Gasteiger partial charge >= 0.3 is 0 Å². The van der Waals surface area contributed by atoms with Gasteiger partial charge in [-0.3, -0.25) is 0 Å². The van der Waals surface area contributed by atoms with Crippen LogP contribution in [-0.4, -0.2) is 28.8 Å². The number of nitrogens with zero attached hydrogens (tertiary/aromatic N) is 2. The lowest BCUT2D eigenvalue weighted by Crippen LogP contribution is -2.30. The Morgan fingerprint density at radius 2 is 2.00 bits per heavy atom. The summed E-state index contributed by atoms with van der Waals surface area (Å²) in [5.41, 5.74) is 1.77. The Balaban J connectivity index is 0.00000147. The topological polar surface area (TPSA) is 37.8 Å². The zero-order valence-electron chi connectivity index (χ0n) is 11.0. The Morgan fingerprint density at radius 3 is 2.70 bits per heavy atom. The van der Waals surface area contributed by atoms with Gasteiger partial charge in [-0.1, -0.05) is 23.7 Å². The zero-order valence-corrected chi connectivity index (χ0v) is 13.4. The molecule has 20 heavy (non-hydrogen) atoms. The predicted molar refractivity (Wildman–Crippen MR) is 88.1 cm³/mol. The normalized spacial score (nSPS) is 18.8. The summed E-state index contributed by atoms with van der Waals surface area (Å²) in [6, 6.07) is 7.84. The third-order valence-corrected chi connectivity index (χ3v) is 4.93. The Hall–Kier alpha value is -0.550. The van der Waals surface area contributed by atoms with E-state index < -0.39 is 0 Å². The van der Waals surface area contributed by atoms with E-state index in [1.165, 1.54) is 12.8 Å². The van der Waals surface area contributed by atoms with Crippen LogP contribution in [0.4, 0.5) is 0 Å². The molecule has 1 unspecified atom stereocenters. The molecule has 0 aliphatic carbocycles. The van der Waals surface area contributed by atoms with Crippen LogP contribution in [0.25, 0.3) is 11.0 Å². The van der Waals surface area contributed by atoms with Crippen molar-refractivity contribution in [3.8, 4) is 0 Å². The lowest BCUT2D eigenvalue weighted by atomic mass is 10.0. The molecule has 1 N–H and O–H groups in total. The van der Waals surface area contributed by atoms with Crippen molar-refractivity contribution in [3.05, 3.63) is 29.4 Å². The van der Waals surface area contributed by atoms with E-state index in [9.17, 15) is 0 Å². The highest BCUT2D eigenvalue weighted by Crippen LogP contribution is 2.28. The SMILES string of the molecule is Cl.Clc1nc2ccccc2nc1SCC1CCCNC1. The Kier molecular flexibility index (Phi) is 5.90. The number of benzene rings is 1. The van der Waals surface area contributed by atoms with Gasteiger partial charge in [0.15, 0.2) is 5.15 Å². The van der Waals surface area contributed by atoms with Crippen molar-refractivity contribution in [1.82, 2.24) is 15.3 Å². The average molecular weight is 330 g/mol. The average Bonchev–Trinajstić information content (AvgIpc) is 2.46. The van der Waals surface area contributed by atoms with E-state index in [2.05, 4.69) is 15.3 Å². The first-order valence-electron chi connectivity index (χ1n) is 6.59. The van der Waals surface area contributed by atoms with Crippen molar-refractivity contribution in [1.29, 1.82) is 0 Å². The second-order valence-electron chi connectivity index (χ2n) is 4.83. The first-order valence-corrected chi connectivity index (χ1v) is 7.95. The maximum absolute atomic E-state index is 6.21. The number of nitrogens with one attached hydrogen (secondary N) is 1. The predicted octanol–water partition coefficient (Wildman–Crippen LogP) is 3.80. The molecule has 1 aliphatic rings. The summed E-state index contributed by atoms with van der Waals surface area (Å²) in [5.74, 6) is 1.77. The van der Waals surface area contributed by atoms with Crippen molar-refractivity contribution < 1.29 is 0 Å². The lowest BCUT2D eigenvalue weighted by Gasteiger charge is -2.22. The summed E-state index contributed by atoms with van der Waals surface area (Å²) < 4.78 is 0. The van der Waals surface area contributed by atoms with E-state index in [4.69, 9.17) is 11.6 Å². The van der Waals surface area contributed by atoms with Crippen molar-refractivity contribution in [2.75, 3.05) is 18.8 Å². The fourth-order valence-corrected chi connectivity index (χ4v) is 3.62. The summed E-state index contributed by atoms with van der Waals surface area (Å²) in [6.07, 6.45) is 2.56. The summed E-state index contributed by atoms with van der Waals surface area (Å²) in [4.78, 5) is 9.01. The number of piperidine rings is 1. The van der Waals surface area contributed by atoms with Gasteiger partial charge in [-0.05, 0) is 44.0 Å².